The second-order valence-corrected chi connectivity index (χ2v) is 5.14. The number of ketones is 1. The Bertz CT molecular complexity index is 625. The van der Waals surface area contributed by atoms with Crippen molar-refractivity contribution in [2.45, 2.75) is 19.9 Å². The zero-order valence-corrected chi connectivity index (χ0v) is 13.3. The van der Waals surface area contributed by atoms with E-state index in [0.29, 0.717) is 22.2 Å². The number of rotatable bonds is 4. The molecule has 21 heavy (non-hydrogen) atoms. The van der Waals surface area contributed by atoms with Gasteiger partial charge in [-0.1, -0.05) is 0 Å². The minimum absolute atomic E-state index is 0.0233. The number of ether oxygens (including phenoxy) is 2. The van der Waals surface area contributed by atoms with E-state index < -0.39 is 0 Å². The molecule has 0 spiro atoms. The van der Waals surface area contributed by atoms with E-state index in [1.165, 1.54) is 6.92 Å². The third kappa shape index (κ3) is 3.00. The molecule has 1 atom stereocenters. The molecule has 1 aliphatic rings. The molecule has 0 aromatic heterocycles. The van der Waals surface area contributed by atoms with Crippen LogP contribution in [-0.4, -0.2) is 25.1 Å². The van der Waals surface area contributed by atoms with Gasteiger partial charge in [0, 0.05) is 16.8 Å². The summed E-state index contributed by atoms with van der Waals surface area (Å²) in [6, 6.07) is 5.11. The molecule has 1 aromatic rings. The van der Waals surface area contributed by atoms with Crippen LogP contribution in [0.3, 0.4) is 0 Å². The first-order valence-electron chi connectivity index (χ1n) is 6.49. The number of carbonyl (C=O) groups is 1. The van der Waals surface area contributed by atoms with E-state index in [-0.39, 0.29) is 11.8 Å². The fourth-order valence-electron chi connectivity index (χ4n) is 2.46. The predicted molar refractivity (Wildman–Crippen MR) is 84.5 cm³/mol. The highest BCUT2D eigenvalue weighted by atomic mass is 32.1. The summed E-state index contributed by atoms with van der Waals surface area (Å²) in [5, 5.41) is 6.59. The van der Waals surface area contributed by atoms with Crippen LogP contribution >= 0.6 is 12.2 Å². The molecule has 0 saturated heterocycles. The Morgan fingerprint density at radius 1 is 1.29 bits per heavy atom. The van der Waals surface area contributed by atoms with Crippen LogP contribution in [-0.2, 0) is 4.79 Å². The summed E-state index contributed by atoms with van der Waals surface area (Å²) >= 11 is 5.20. The molecule has 0 amide bonds. The molecule has 0 saturated carbocycles. The third-order valence-corrected chi connectivity index (χ3v) is 3.62. The SMILES string of the molecule is COc1ccc(OC)c([C@@H]2NC(=S)NC(C)=C2C(C)=O)c1. The van der Waals surface area contributed by atoms with E-state index in [1.807, 2.05) is 25.1 Å². The molecular formula is C15H18N2O3S. The molecule has 0 aliphatic carbocycles. The monoisotopic (exact) mass is 306 g/mol. The van der Waals surface area contributed by atoms with E-state index in [0.717, 1.165) is 11.3 Å². The largest absolute Gasteiger partial charge is 0.497 e. The van der Waals surface area contributed by atoms with E-state index in [4.69, 9.17) is 21.7 Å². The van der Waals surface area contributed by atoms with Crippen molar-refractivity contribution in [2.75, 3.05) is 14.2 Å². The van der Waals surface area contributed by atoms with Gasteiger partial charge in [-0.25, -0.2) is 0 Å². The van der Waals surface area contributed by atoms with Crippen molar-refractivity contribution in [3.8, 4) is 11.5 Å². The Labute approximate surface area is 129 Å². The summed E-state index contributed by atoms with van der Waals surface area (Å²) in [5.74, 6) is 1.34. The second-order valence-electron chi connectivity index (χ2n) is 4.73. The number of benzene rings is 1. The molecule has 1 aliphatic heterocycles. The molecule has 0 fully saturated rings. The Balaban J connectivity index is 2.59. The average molecular weight is 306 g/mol. The molecule has 1 aromatic carbocycles. The Hall–Kier alpha value is -2.08. The fraction of sp³-hybridized carbons (Fsp3) is 0.333. The van der Waals surface area contributed by atoms with Crippen LogP contribution in [0.5, 0.6) is 11.5 Å². The van der Waals surface area contributed by atoms with Crippen molar-refractivity contribution in [1.29, 1.82) is 0 Å². The number of hydrogen-bond donors (Lipinski definition) is 2. The molecule has 0 bridgehead atoms. The first kappa shape index (κ1) is 15.3. The van der Waals surface area contributed by atoms with Crippen LogP contribution < -0.4 is 20.1 Å². The molecule has 0 unspecified atom stereocenters. The molecule has 5 nitrogen and oxygen atoms in total. The lowest BCUT2D eigenvalue weighted by atomic mass is 9.92. The third-order valence-electron chi connectivity index (χ3n) is 3.40. The van der Waals surface area contributed by atoms with Gasteiger partial charge in [0.2, 0.25) is 0 Å². The molecule has 6 heteroatoms. The lowest BCUT2D eigenvalue weighted by Gasteiger charge is -2.30. The van der Waals surface area contributed by atoms with Gasteiger partial charge in [0.1, 0.15) is 11.5 Å². The van der Waals surface area contributed by atoms with E-state index in [9.17, 15) is 4.79 Å². The van der Waals surface area contributed by atoms with Crippen LogP contribution in [0.1, 0.15) is 25.5 Å². The van der Waals surface area contributed by atoms with Gasteiger partial charge in [0.15, 0.2) is 10.9 Å². The number of methoxy groups -OCH3 is 2. The van der Waals surface area contributed by atoms with Crippen molar-refractivity contribution >= 4 is 23.1 Å². The van der Waals surface area contributed by atoms with Crippen LogP contribution in [0.25, 0.3) is 0 Å². The molecule has 112 valence electrons. The summed E-state index contributed by atoms with van der Waals surface area (Å²) in [4.78, 5) is 12.0. The molecule has 0 radical (unpaired) electrons. The number of allylic oxidation sites excluding steroid dienone is 1. The summed E-state index contributed by atoms with van der Waals surface area (Å²) in [6.45, 7) is 3.37. The highest BCUT2D eigenvalue weighted by molar-refractivity contribution is 7.80. The van der Waals surface area contributed by atoms with Crippen molar-refractivity contribution in [3.63, 3.8) is 0 Å². The zero-order valence-electron chi connectivity index (χ0n) is 12.4. The number of hydrogen-bond acceptors (Lipinski definition) is 4. The minimum Gasteiger partial charge on any atom is -0.497 e. The number of thiocarbonyl (C=S) groups is 1. The number of carbonyl (C=O) groups excluding carboxylic acids is 1. The van der Waals surface area contributed by atoms with Gasteiger partial charge in [-0.3, -0.25) is 4.79 Å². The Morgan fingerprint density at radius 3 is 2.57 bits per heavy atom. The predicted octanol–water partition coefficient (Wildman–Crippen LogP) is 2.09. The fourth-order valence-corrected chi connectivity index (χ4v) is 2.73. The van der Waals surface area contributed by atoms with Gasteiger partial charge in [0.05, 0.1) is 20.3 Å². The summed E-state index contributed by atoms with van der Waals surface area (Å²) in [7, 11) is 3.19. The van der Waals surface area contributed by atoms with Crippen molar-refractivity contribution in [3.05, 3.63) is 35.0 Å². The number of Topliss-reactive ketones (excluding diaryl/α,β-unsaturated/α-hetero) is 1. The first-order valence-corrected chi connectivity index (χ1v) is 6.90. The topological polar surface area (TPSA) is 59.6 Å². The van der Waals surface area contributed by atoms with Crippen LogP contribution in [0.2, 0.25) is 0 Å². The van der Waals surface area contributed by atoms with Crippen LogP contribution in [0.4, 0.5) is 0 Å². The lowest BCUT2D eigenvalue weighted by Crippen LogP contribution is -2.44. The van der Waals surface area contributed by atoms with E-state index >= 15 is 0 Å². The summed E-state index contributed by atoms with van der Waals surface area (Å²) in [6.07, 6.45) is 0. The molecule has 2 rings (SSSR count). The van der Waals surface area contributed by atoms with Crippen molar-refractivity contribution in [1.82, 2.24) is 10.6 Å². The quantitative estimate of drug-likeness (QED) is 0.831. The van der Waals surface area contributed by atoms with Gasteiger partial charge in [-0.2, -0.15) is 0 Å². The smallest absolute Gasteiger partial charge is 0.171 e. The minimum atomic E-state index is -0.360. The van der Waals surface area contributed by atoms with Gasteiger partial charge >= 0.3 is 0 Å². The first-order chi connectivity index (χ1) is 9.97. The average Bonchev–Trinajstić information content (AvgIpc) is 2.45. The van der Waals surface area contributed by atoms with Gasteiger partial charge in [-0.05, 0) is 44.3 Å². The van der Waals surface area contributed by atoms with Gasteiger partial charge in [0.25, 0.3) is 0 Å². The maximum absolute atomic E-state index is 12.0. The summed E-state index contributed by atoms with van der Waals surface area (Å²) < 4.78 is 10.7. The number of nitrogens with one attached hydrogen (secondary N) is 2. The van der Waals surface area contributed by atoms with Gasteiger partial charge < -0.3 is 20.1 Å². The van der Waals surface area contributed by atoms with Crippen LogP contribution in [0.15, 0.2) is 29.5 Å². The van der Waals surface area contributed by atoms with Crippen molar-refractivity contribution in [2.24, 2.45) is 0 Å². The molecular weight excluding hydrogens is 288 g/mol. The normalized spacial score (nSPS) is 17.9. The maximum atomic E-state index is 12.0. The Morgan fingerprint density at radius 2 is 2.00 bits per heavy atom. The van der Waals surface area contributed by atoms with Crippen LogP contribution in [0, 0.1) is 0 Å². The van der Waals surface area contributed by atoms with E-state index in [2.05, 4.69) is 10.6 Å². The summed E-state index contributed by atoms with van der Waals surface area (Å²) in [5.41, 5.74) is 2.20. The highest BCUT2D eigenvalue weighted by Gasteiger charge is 2.30. The molecule has 1 heterocycles. The van der Waals surface area contributed by atoms with E-state index in [1.54, 1.807) is 14.2 Å². The Kier molecular flexibility index (Phi) is 4.47. The maximum Gasteiger partial charge on any atom is 0.171 e. The van der Waals surface area contributed by atoms with Gasteiger partial charge in [-0.15, -0.1) is 0 Å². The van der Waals surface area contributed by atoms with Crippen molar-refractivity contribution < 1.29 is 14.3 Å². The zero-order chi connectivity index (χ0) is 15.6. The second kappa shape index (κ2) is 6.13. The lowest BCUT2D eigenvalue weighted by molar-refractivity contribution is -0.114. The molecule has 2 N–H and O–H groups in total. The highest BCUT2D eigenvalue weighted by Crippen LogP contribution is 2.35. The standard InChI is InChI=1S/C15H18N2O3S/c1-8-13(9(2)18)14(17-15(21)16-8)11-7-10(19-3)5-6-12(11)20-4/h5-7,14H,1-4H3,(H2,16,17,21)/t14-/m0/s1.